The highest BCUT2D eigenvalue weighted by Gasteiger charge is 2.54. The largest absolute Gasteiger partial charge is 0.453 e. The number of nitrogens with one attached hydrogen (secondary N) is 8. The Morgan fingerprint density at radius 3 is 1.14 bits per heavy atom. The van der Waals surface area contributed by atoms with Gasteiger partial charge in [0.25, 0.3) is 5.92 Å². The van der Waals surface area contributed by atoms with Crippen LogP contribution in [0.1, 0.15) is 209 Å². The summed E-state index contributed by atoms with van der Waals surface area (Å²) in [6, 6.07) is 29.7. The number of piperidine rings is 2. The Kier molecular flexibility index (Phi) is 24.9. The Bertz CT molecular complexity index is 5950. The molecule has 31 heteroatoms. The summed E-state index contributed by atoms with van der Waals surface area (Å²) in [6.45, 7) is 16.1. The van der Waals surface area contributed by atoms with Gasteiger partial charge in [0, 0.05) is 58.6 Å². The third kappa shape index (κ3) is 16.3. The zero-order valence-electron chi connectivity index (χ0n) is 71.9. The van der Waals surface area contributed by atoms with Crippen LogP contribution < -0.4 is 21.3 Å². The van der Waals surface area contributed by atoms with Crippen molar-refractivity contribution in [1.82, 2.24) is 80.7 Å². The number of ether oxygens (including phenoxy) is 4. The number of halogens is 2. The maximum Gasteiger partial charge on any atom is 0.407 e. The molecule has 8 amide bonds. The van der Waals surface area contributed by atoms with E-state index in [0.717, 1.165) is 119 Å². The molecular formula is C96H112F2N16O13. The normalized spacial score (nSPS) is 21.1. The number of H-pyrrole nitrogens is 4. The average Bonchev–Trinajstić information content (AvgIpc) is 1.57. The van der Waals surface area contributed by atoms with Crippen molar-refractivity contribution >= 4 is 75.9 Å². The lowest BCUT2D eigenvalue weighted by molar-refractivity contribution is -0.140. The minimum absolute atomic E-state index is 0. The van der Waals surface area contributed by atoms with E-state index >= 15 is 8.78 Å². The minimum Gasteiger partial charge on any atom is -0.453 e. The molecule has 668 valence electrons. The second-order valence-corrected chi connectivity index (χ2v) is 35.7. The highest BCUT2D eigenvalue weighted by Crippen LogP contribution is 2.55. The maximum atomic E-state index is 16.6. The molecule has 18 rings (SSSR count). The van der Waals surface area contributed by atoms with Crippen molar-refractivity contribution in [3.05, 3.63) is 167 Å². The van der Waals surface area contributed by atoms with Crippen molar-refractivity contribution in [2.75, 3.05) is 41.5 Å². The lowest BCUT2D eigenvalue weighted by atomic mass is 9.95. The Balaban J connectivity index is 0.000000193. The Morgan fingerprint density at radius 1 is 0.409 bits per heavy atom. The number of alkyl halides is 2. The van der Waals surface area contributed by atoms with Crippen LogP contribution in [0.4, 0.5) is 28.0 Å². The summed E-state index contributed by atoms with van der Waals surface area (Å²) in [7, 11) is 5.10. The zero-order valence-corrected chi connectivity index (χ0v) is 71.9. The molecule has 2 saturated carbocycles. The van der Waals surface area contributed by atoms with Crippen LogP contribution in [-0.2, 0) is 44.0 Å². The van der Waals surface area contributed by atoms with Crippen LogP contribution >= 0.6 is 0 Å². The first-order chi connectivity index (χ1) is 60.0. The molecule has 4 bridgehead atoms. The van der Waals surface area contributed by atoms with Gasteiger partial charge in [-0.2, -0.15) is 8.78 Å². The molecule has 4 saturated heterocycles. The molecule has 8 heterocycles. The van der Waals surface area contributed by atoms with E-state index in [4.69, 9.17) is 28.9 Å². The van der Waals surface area contributed by atoms with E-state index in [2.05, 4.69) is 51.2 Å². The first-order valence-corrected chi connectivity index (χ1v) is 43.3. The number of hydrogen-bond donors (Lipinski definition) is 8. The number of rotatable bonds is 20. The summed E-state index contributed by atoms with van der Waals surface area (Å²) in [5.41, 5.74) is 12.6. The van der Waals surface area contributed by atoms with Crippen molar-refractivity contribution in [2.24, 2.45) is 35.5 Å². The fourth-order valence-corrected chi connectivity index (χ4v) is 20.4. The molecule has 127 heavy (non-hydrogen) atoms. The van der Waals surface area contributed by atoms with Crippen molar-refractivity contribution in [3.63, 3.8) is 0 Å². The van der Waals surface area contributed by atoms with Crippen LogP contribution in [0.5, 0.6) is 0 Å². The van der Waals surface area contributed by atoms with Crippen molar-refractivity contribution in [2.45, 2.75) is 201 Å². The Hall–Kier alpha value is -12.8. The van der Waals surface area contributed by atoms with Crippen LogP contribution in [0.2, 0.25) is 0 Å². The van der Waals surface area contributed by atoms with Crippen molar-refractivity contribution < 1.29 is 70.9 Å². The quantitative estimate of drug-likeness (QED) is 0.0329. The molecular weight excluding hydrogens is 1620 g/mol. The first-order valence-electron chi connectivity index (χ1n) is 43.3. The molecule has 8 N–H and O–H groups in total. The number of fused-ring (bicyclic) bond motifs is 12. The number of ketones is 1. The van der Waals surface area contributed by atoms with Gasteiger partial charge < -0.3 is 79.8 Å². The van der Waals surface area contributed by atoms with E-state index in [1.165, 1.54) is 34.5 Å². The van der Waals surface area contributed by atoms with E-state index in [1.807, 2.05) is 144 Å². The summed E-state index contributed by atoms with van der Waals surface area (Å²) in [4.78, 5) is 158. The SMILES string of the molecule is C.C.COC(=O)N[C@H](C(=O)N1CCC[C@H]1c1ncc(-c2ccc3c(c2)C(=O)c2cc(-c4ccc5nc([C@@H]6[C@H]7CC[C@H](C7)N6C(=O)[C@@H](NC(=O)OC)C(C)C)[nH]c5c4)ccc2-3)[nH]1)C(C)C.COC(=O)N[C@H](C(=O)N1CCC[C@H]1c1ncc(-c2ccc3c(c2)C(F)(F)c2cc(-c4ccc5nc([C@@H]6[C@H]7CC[C@H](C7)N6C(=O)[C@@H](NC(=O)OC)C(C)C)[nH]c5c4)ccc2-3)[nH]1)C(C)C. The molecule has 0 radical (unpaired) electrons. The van der Waals surface area contributed by atoms with Crippen LogP contribution in [0.25, 0.3) is 89.1 Å². The molecule has 29 nitrogen and oxygen atoms in total. The van der Waals surface area contributed by atoms with E-state index < -0.39 is 54.5 Å². The molecule has 6 aromatic carbocycles. The van der Waals surface area contributed by atoms with E-state index in [9.17, 15) is 43.2 Å². The van der Waals surface area contributed by atoms with Crippen LogP contribution in [0.15, 0.2) is 122 Å². The zero-order chi connectivity index (χ0) is 88.0. The predicted octanol–water partition coefficient (Wildman–Crippen LogP) is 16.8. The molecule has 10 aromatic rings. The highest BCUT2D eigenvalue weighted by atomic mass is 19.3. The van der Waals surface area contributed by atoms with Gasteiger partial charge in [-0.3, -0.25) is 24.0 Å². The van der Waals surface area contributed by atoms with E-state index in [0.29, 0.717) is 81.6 Å². The fraction of sp³-hybridized carbons (Fsp3) is 0.448. The predicted molar refractivity (Wildman–Crippen MR) is 474 cm³/mol. The molecule has 4 aliphatic carbocycles. The Morgan fingerprint density at radius 2 is 0.748 bits per heavy atom. The smallest absolute Gasteiger partial charge is 0.407 e. The summed E-state index contributed by atoms with van der Waals surface area (Å²) >= 11 is 0. The van der Waals surface area contributed by atoms with Gasteiger partial charge in [-0.25, -0.2) is 39.1 Å². The first kappa shape index (κ1) is 89.0. The number of aromatic nitrogens is 8. The number of methoxy groups -OCH3 is 4. The Labute approximate surface area is 735 Å². The molecule has 8 aliphatic rings. The van der Waals surface area contributed by atoms with Gasteiger partial charge in [0.15, 0.2) is 5.78 Å². The third-order valence-electron chi connectivity index (χ3n) is 26.8. The molecule has 0 spiro atoms. The van der Waals surface area contributed by atoms with Crippen LogP contribution in [0, 0.1) is 35.5 Å². The number of likely N-dealkylation sites (tertiary alicyclic amines) is 4. The summed E-state index contributed by atoms with van der Waals surface area (Å²) in [5.74, 6) is -1.56. The lowest BCUT2D eigenvalue weighted by Gasteiger charge is -2.37. The number of nitrogens with zero attached hydrogens (tertiary/aromatic N) is 8. The van der Waals surface area contributed by atoms with Gasteiger partial charge in [0.1, 0.15) is 47.5 Å². The molecule has 4 aliphatic heterocycles. The van der Waals surface area contributed by atoms with E-state index in [1.54, 1.807) is 46.5 Å². The summed E-state index contributed by atoms with van der Waals surface area (Å²) in [6.07, 6.45) is 9.22. The van der Waals surface area contributed by atoms with Gasteiger partial charge in [-0.15, -0.1) is 0 Å². The second kappa shape index (κ2) is 35.5. The summed E-state index contributed by atoms with van der Waals surface area (Å²) < 4.78 is 52.3. The summed E-state index contributed by atoms with van der Waals surface area (Å²) in [5, 5.41) is 10.8. The molecule has 6 fully saturated rings. The van der Waals surface area contributed by atoms with Gasteiger partial charge in [-0.1, -0.05) is 131 Å². The number of hydrogen-bond acceptors (Lipinski definition) is 17. The maximum absolute atomic E-state index is 16.6. The van der Waals surface area contributed by atoms with Gasteiger partial charge in [0.2, 0.25) is 23.6 Å². The fourth-order valence-electron chi connectivity index (χ4n) is 20.4. The standard InChI is InChI=1S/C47H52F2N8O6.C47H52N8O7.2CH4/c1-23(2)38(54-45(60)62-5)43(58)56-17-7-8-37(56)41-50-22-36(53-41)27-11-15-31-30-14-10-25(19-32(30)47(48,49)33(31)20-27)26-12-16-34-35(21-26)52-42(51-34)40-28-9-13-29(18-28)57(40)44(59)39(24(3)4)55-46(61)63-6;1-23(2)38(52-46(59)61-5)44(57)54-17-7-8-37(54)42-48-22-36(51-42)27-11-15-31-30-14-10-25(19-32(30)41(56)33(31)20-27)26-12-16-34-35(21-26)50-43(49-34)40-28-9-13-29(18-28)55(40)45(58)39(24(3)4)53-47(60)62-6;;/h10-12,14-16,19-24,28-29,37-40H,7-9,13,17-18H2,1-6H3,(H,50,53)(H,51,52)(H,54,60)(H,55,61);10-12,14-16,19-24,28-29,37-40H,7-9,13,17-18H2,1-6H3,(H,48,51)(H,49,50)(H,52,59)(H,53,60);2*1H4/t2*28-,29+,37-,38-,39-,40-;;/m00../s1. The average molecular weight is 1740 g/mol. The number of aromatic amines is 4. The number of benzene rings is 6. The topological polar surface area (TPSA) is 366 Å². The third-order valence-corrected chi connectivity index (χ3v) is 26.8. The van der Waals surface area contributed by atoms with Crippen molar-refractivity contribution in [3.8, 4) is 67.0 Å². The minimum atomic E-state index is -3.29. The van der Waals surface area contributed by atoms with Gasteiger partial charge in [0.05, 0.1) is 98.5 Å². The molecule has 4 aromatic heterocycles. The monoisotopic (exact) mass is 1730 g/mol. The highest BCUT2D eigenvalue weighted by molar-refractivity contribution is 6.22. The van der Waals surface area contributed by atoms with E-state index in [-0.39, 0.29) is 127 Å². The molecule has 12 atom stereocenters. The number of amides is 8. The van der Waals surface area contributed by atoms with Crippen molar-refractivity contribution in [1.29, 1.82) is 0 Å². The number of carbonyl (C=O) groups is 9. The van der Waals surface area contributed by atoms with Gasteiger partial charge >= 0.3 is 24.4 Å². The number of carbonyl (C=O) groups excluding carboxylic acids is 9. The lowest BCUT2D eigenvalue weighted by Crippen LogP contribution is -2.54. The van der Waals surface area contributed by atoms with Crippen LogP contribution in [-0.4, -0.2) is 191 Å². The number of imidazole rings is 4. The number of alkyl carbamates (subject to hydrolysis) is 4. The van der Waals surface area contributed by atoms with Gasteiger partial charge in [-0.05, 0) is 193 Å². The molecule has 0 unspecified atom stereocenters. The van der Waals surface area contributed by atoms with Crippen LogP contribution in [0.3, 0.4) is 0 Å². The second-order valence-electron chi connectivity index (χ2n) is 35.7.